The third-order valence-electron chi connectivity index (χ3n) is 1.70. The molecule has 0 N–H and O–H groups in total. The summed E-state index contributed by atoms with van der Waals surface area (Å²) in [6.07, 6.45) is 1.30. The van der Waals surface area contributed by atoms with Gasteiger partial charge in [-0.2, -0.15) is 0 Å². The lowest BCUT2D eigenvalue weighted by Crippen LogP contribution is -2.03. The first-order valence-electron chi connectivity index (χ1n) is 3.24. The standard InChI is InChI=1S/C7H15Br/c1-6(2)7(3)4-5-8/h6-7H,4-5H2,1-3H3/t7-/m1/s1. The molecule has 0 aliphatic rings. The molecule has 1 atom stereocenters. The molecule has 8 heavy (non-hydrogen) atoms. The van der Waals surface area contributed by atoms with Gasteiger partial charge in [-0.1, -0.05) is 36.7 Å². The fraction of sp³-hybridized carbons (Fsp3) is 1.00. The summed E-state index contributed by atoms with van der Waals surface area (Å²) in [5, 5.41) is 1.15. The van der Waals surface area contributed by atoms with Gasteiger partial charge in [0.25, 0.3) is 0 Å². The Balaban J connectivity index is 3.17. The average Bonchev–Trinajstić information content (AvgIpc) is 1.67. The maximum absolute atomic E-state index is 3.42. The Morgan fingerprint density at radius 1 is 1.25 bits per heavy atom. The number of halogens is 1. The third kappa shape index (κ3) is 3.48. The molecule has 0 unspecified atom stereocenters. The van der Waals surface area contributed by atoms with Gasteiger partial charge in [0.1, 0.15) is 0 Å². The molecule has 50 valence electrons. The summed E-state index contributed by atoms with van der Waals surface area (Å²) in [4.78, 5) is 0. The van der Waals surface area contributed by atoms with Gasteiger partial charge in [-0.25, -0.2) is 0 Å². The molecular formula is C7H15Br. The minimum atomic E-state index is 0.840. The smallest absolute Gasteiger partial charge is 0.00339 e. The van der Waals surface area contributed by atoms with E-state index < -0.39 is 0 Å². The lowest BCUT2D eigenvalue weighted by atomic mass is 9.96. The van der Waals surface area contributed by atoms with Crippen molar-refractivity contribution in [3.05, 3.63) is 0 Å². The first-order valence-corrected chi connectivity index (χ1v) is 4.36. The topological polar surface area (TPSA) is 0 Å². The van der Waals surface area contributed by atoms with Crippen molar-refractivity contribution in [1.82, 2.24) is 0 Å². The summed E-state index contributed by atoms with van der Waals surface area (Å²) < 4.78 is 0. The summed E-state index contributed by atoms with van der Waals surface area (Å²) in [5.41, 5.74) is 0. The van der Waals surface area contributed by atoms with Crippen molar-refractivity contribution in [3.63, 3.8) is 0 Å². The highest BCUT2D eigenvalue weighted by Gasteiger charge is 2.03. The van der Waals surface area contributed by atoms with E-state index in [1.54, 1.807) is 0 Å². The zero-order valence-electron chi connectivity index (χ0n) is 5.95. The molecule has 0 aromatic carbocycles. The maximum atomic E-state index is 3.42. The van der Waals surface area contributed by atoms with E-state index in [1.807, 2.05) is 0 Å². The van der Waals surface area contributed by atoms with Crippen LogP contribution in [0, 0.1) is 11.8 Å². The molecule has 1 heteroatoms. The molecule has 0 rings (SSSR count). The van der Waals surface area contributed by atoms with E-state index in [9.17, 15) is 0 Å². The highest BCUT2D eigenvalue weighted by Crippen LogP contribution is 2.14. The van der Waals surface area contributed by atoms with E-state index in [0.29, 0.717) is 0 Å². The van der Waals surface area contributed by atoms with Crippen LogP contribution in [0.25, 0.3) is 0 Å². The highest BCUT2D eigenvalue weighted by molar-refractivity contribution is 9.09. The fourth-order valence-electron chi connectivity index (χ4n) is 0.505. The Hall–Kier alpha value is 0.480. The largest absolute Gasteiger partial charge is 0.0928 e. The second-order valence-corrected chi connectivity index (χ2v) is 3.49. The molecule has 0 aliphatic carbocycles. The van der Waals surface area contributed by atoms with Gasteiger partial charge in [0, 0.05) is 5.33 Å². The number of alkyl halides is 1. The molecule has 0 saturated heterocycles. The van der Waals surface area contributed by atoms with Crippen molar-refractivity contribution in [2.75, 3.05) is 5.33 Å². The van der Waals surface area contributed by atoms with Crippen molar-refractivity contribution in [2.24, 2.45) is 11.8 Å². The molecular weight excluding hydrogens is 164 g/mol. The molecule has 0 radical (unpaired) electrons. The molecule has 0 spiro atoms. The molecule has 0 aromatic rings. The van der Waals surface area contributed by atoms with Crippen molar-refractivity contribution < 1.29 is 0 Å². The van der Waals surface area contributed by atoms with Crippen LogP contribution >= 0.6 is 15.9 Å². The van der Waals surface area contributed by atoms with Gasteiger partial charge in [-0.3, -0.25) is 0 Å². The average molecular weight is 179 g/mol. The van der Waals surface area contributed by atoms with Crippen LogP contribution in [0.2, 0.25) is 0 Å². The molecule has 0 aliphatic heterocycles. The fourth-order valence-corrected chi connectivity index (χ4v) is 1.23. The van der Waals surface area contributed by atoms with E-state index >= 15 is 0 Å². The van der Waals surface area contributed by atoms with Crippen LogP contribution in [-0.4, -0.2) is 5.33 Å². The lowest BCUT2D eigenvalue weighted by molar-refractivity contribution is 0.411. The Morgan fingerprint density at radius 2 is 1.75 bits per heavy atom. The van der Waals surface area contributed by atoms with E-state index in [0.717, 1.165) is 17.2 Å². The Bertz CT molecular complexity index is 50.3. The van der Waals surface area contributed by atoms with Crippen molar-refractivity contribution in [3.8, 4) is 0 Å². The van der Waals surface area contributed by atoms with Crippen molar-refractivity contribution in [1.29, 1.82) is 0 Å². The van der Waals surface area contributed by atoms with Crippen molar-refractivity contribution in [2.45, 2.75) is 27.2 Å². The summed E-state index contributed by atoms with van der Waals surface area (Å²) in [6.45, 7) is 6.84. The Kier molecular flexibility index (Phi) is 4.63. The zero-order valence-corrected chi connectivity index (χ0v) is 7.53. The van der Waals surface area contributed by atoms with Gasteiger partial charge in [-0.05, 0) is 18.3 Å². The van der Waals surface area contributed by atoms with Crippen LogP contribution in [0.1, 0.15) is 27.2 Å². The molecule has 0 fully saturated rings. The maximum Gasteiger partial charge on any atom is 0.00339 e. The number of hydrogen-bond acceptors (Lipinski definition) is 0. The van der Waals surface area contributed by atoms with E-state index in [1.165, 1.54) is 6.42 Å². The SMILES string of the molecule is CC(C)[C@H](C)CCBr. The monoisotopic (exact) mass is 178 g/mol. The van der Waals surface area contributed by atoms with E-state index in [2.05, 4.69) is 36.7 Å². The van der Waals surface area contributed by atoms with Gasteiger partial charge in [0.15, 0.2) is 0 Å². The normalized spacial score (nSPS) is 14.6. The van der Waals surface area contributed by atoms with Gasteiger partial charge in [0.05, 0.1) is 0 Å². The number of rotatable bonds is 3. The van der Waals surface area contributed by atoms with Gasteiger partial charge in [-0.15, -0.1) is 0 Å². The zero-order chi connectivity index (χ0) is 6.57. The first-order chi connectivity index (χ1) is 3.68. The first kappa shape index (κ1) is 8.48. The second kappa shape index (κ2) is 4.37. The van der Waals surface area contributed by atoms with Gasteiger partial charge in [0.2, 0.25) is 0 Å². The molecule has 0 amide bonds. The summed E-state index contributed by atoms with van der Waals surface area (Å²) in [6, 6.07) is 0. The van der Waals surface area contributed by atoms with Crippen LogP contribution < -0.4 is 0 Å². The molecule has 0 aromatic heterocycles. The van der Waals surface area contributed by atoms with Gasteiger partial charge < -0.3 is 0 Å². The summed E-state index contributed by atoms with van der Waals surface area (Å²) in [7, 11) is 0. The van der Waals surface area contributed by atoms with Crippen LogP contribution in [0.15, 0.2) is 0 Å². The summed E-state index contributed by atoms with van der Waals surface area (Å²) in [5.74, 6) is 1.71. The minimum absolute atomic E-state index is 0.840. The minimum Gasteiger partial charge on any atom is -0.0928 e. The predicted octanol–water partition coefficient (Wildman–Crippen LogP) is 3.06. The molecule has 0 bridgehead atoms. The molecule has 0 nitrogen and oxygen atoms in total. The Morgan fingerprint density at radius 3 is 1.88 bits per heavy atom. The van der Waals surface area contributed by atoms with Gasteiger partial charge >= 0.3 is 0 Å². The lowest BCUT2D eigenvalue weighted by Gasteiger charge is -2.12. The Labute approximate surface area is 60.8 Å². The highest BCUT2D eigenvalue weighted by atomic mass is 79.9. The van der Waals surface area contributed by atoms with E-state index in [-0.39, 0.29) is 0 Å². The predicted molar refractivity (Wildman–Crippen MR) is 42.4 cm³/mol. The van der Waals surface area contributed by atoms with Crippen LogP contribution in [-0.2, 0) is 0 Å². The quantitative estimate of drug-likeness (QED) is 0.584. The second-order valence-electron chi connectivity index (χ2n) is 2.70. The third-order valence-corrected chi connectivity index (χ3v) is 2.16. The van der Waals surface area contributed by atoms with Crippen LogP contribution in [0.5, 0.6) is 0 Å². The summed E-state index contributed by atoms with van der Waals surface area (Å²) >= 11 is 3.42. The van der Waals surface area contributed by atoms with Crippen molar-refractivity contribution >= 4 is 15.9 Å². The van der Waals surface area contributed by atoms with Crippen LogP contribution in [0.4, 0.5) is 0 Å². The van der Waals surface area contributed by atoms with Crippen LogP contribution in [0.3, 0.4) is 0 Å². The molecule has 0 heterocycles. The van der Waals surface area contributed by atoms with E-state index in [4.69, 9.17) is 0 Å². The number of hydrogen-bond donors (Lipinski definition) is 0. The molecule has 0 saturated carbocycles.